The SMILES string of the molecule is O=C(O)c1ccc(N2CCC3(CCCCC3)CC2)c(Cl)c1. The first kappa shape index (κ1) is 14.7. The van der Waals surface area contributed by atoms with Crippen molar-refractivity contribution in [1.29, 1.82) is 0 Å². The Morgan fingerprint density at radius 2 is 1.76 bits per heavy atom. The summed E-state index contributed by atoms with van der Waals surface area (Å²) in [6.07, 6.45) is 9.41. The molecule has 1 aliphatic heterocycles. The third-order valence-electron chi connectivity index (χ3n) is 5.27. The van der Waals surface area contributed by atoms with Crippen LogP contribution in [0.3, 0.4) is 0 Å². The summed E-state index contributed by atoms with van der Waals surface area (Å²) in [5, 5.41) is 9.55. The van der Waals surface area contributed by atoms with Crippen molar-refractivity contribution in [2.45, 2.75) is 44.9 Å². The Hall–Kier alpha value is -1.22. The summed E-state index contributed by atoms with van der Waals surface area (Å²) >= 11 is 6.28. The predicted octanol–water partition coefficient (Wildman–Crippen LogP) is 4.59. The van der Waals surface area contributed by atoms with Gasteiger partial charge in [-0.2, -0.15) is 0 Å². The highest BCUT2D eigenvalue weighted by molar-refractivity contribution is 6.33. The van der Waals surface area contributed by atoms with Crippen molar-refractivity contribution in [3.05, 3.63) is 28.8 Å². The molecule has 0 amide bonds. The molecule has 21 heavy (non-hydrogen) atoms. The quantitative estimate of drug-likeness (QED) is 0.868. The molecule has 1 aromatic carbocycles. The number of piperidine rings is 1. The minimum atomic E-state index is -0.928. The van der Waals surface area contributed by atoms with Crippen LogP contribution in [-0.4, -0.2) is 24.2 Å². The highest BCUT2D eigenvalue weighted by Crippen LogP contribution is 2.45. The molecule has 1 N–H and O–H groups in total. The van der Waals surface area contributed by atoms with Gasteiger partial charge in [0.05, 0.1) is 16.3 Å². The first-order chi connectivity index (χ1) is 10.1. The molecule has 1 saturated carbocycles. The smallest absolute Gasteiger partial charge is 0.335 e. The van der Waals surface area contributed by atoms with Crippen molar-refractivity contribution in [3.8, 4) is 0 Å². The lowest BCUT2D eigenvalue weighted by molar-refractivity contribution is 0.0697. The van der Waals surface area contributed by atoms with E-state index in [4.69, 9.17) is 16.7 Å². The summed E-state index contributed by atoms with van der Waals surface area (Å²) < 4.78 is 0. The largest absolute Gasteiger partial charge is 0.478 e. The number of hydrogen-bond acceptors (Lipinski definition) is 2. The maximum absolute atomic E-state index is 11.0. The van der Waals surface area contributed by atoms with Crippen LogP contribution in [0.5, 0.6) is 0 Å². The van der Waals surface area contributed by atoms with Crippen molar-refractivity contribution in [1.82, 2.24) is 0 Å². The van der Waals surface area contributed by atoms with E-state index < -0.39 is 5.97 Å². The molecule has 0 aromatic heterocycles. The molecule has 1 spiro atoms. The molecule has 4 heteroatoms. The molecule has 3 nitrogen and oxygen atoms in total. The zero-order chi connectivity index (χ0) is 14.9. The Morgan fingerprint density at radius 3 is 2.33 bits per heavy atom. The number of carboxylic acids is 1. The Kier molecular flexibility index (Phi) is 4.12. The molecular weight excluding hydrogens is 286 g/mol. The third kappa shape index (κ3) is 3.03. The van der Waals surface area contributed by atoms with E-state index in [1.165, 1.54) is 44.9 Å². The number of rotatable bonds is 2. The maximum Gasteiger partial charge on any atom is 0.335 e. The second kappa shape index (κ2) is 5.88. The van der Waals surface area contributed by atoms with Gasteiger partial charge in [-0.25, -0.2) is 4.79 Å². The number of halogens is 1. The van der Waals surface area contributed by atoms with Gasteiger partial charge < -0.3 is 10.0 Å². The Bertz CT molecular complexity index is 528. The molecule has 0 unspecified atom stereocenters. The second-order valence-electron chi connectivity index (χ2n) is 6.52. The van der Waals surface area contributed by atoms with Gasteiger partial charge in [0.2, 0.25) is 0 Å². The lowest BCUT2D eigenvalue weighted by atomic mass is 9.68. The van der Waals surface area contributed by atoms with Crippen molar-refractivity contribution in [2.75, 3.05) is 18.0 Å². The van der Waals surface area contributed by atoms with Crippen LogP contribution in [-0.2, 0) is 0 Å². The summed E-state index contributed by atoms with van der Waals surface area (Å²) in [4.78, 5) is 13.3. The van der Waals surface area contributed by atoms with Gasteiger partial charge in [-0.05, 0) is 49.3 Å². The van der Waals surface area contributed by atoms with E-state index in [9.17, 15) is 4.79 Å². The van der Waals surface area contributed by atoms with Gasteiger partial charge in [0.1, 0.15) is 0 Å². The molecule has 0 atom stereocenters. The molecule has 1 saturated heterocycles. The van der Waals surface area contributed by atoms with E-state index in [2.05, 4.69) is 4.90 Å². The van der Waals surface area contributed by atoms with Gasteiger partial charge in [0, 0.05) is 13.1 Å². The summed E-state index contributed by atoms with van der Waals surface area (Å²) in [5.41, 5.74) is 1.80. The molecule has 3 rings (SSSR count). The second-order valence-corrected chi connectivity index (χ2v) is 6.93. The van der Waals surface area contributed by atoms with Gasteiger partial charge in [0.15, 0.2) is 0 Å². The predicted molar refractivity (Wildman–Crippen MR) is 85.4 cm³/mol. The Morgan fingerprint density at radius 1 is 1.10 bits per heavy atom. The van der Waals surface area contributed by atoms with Crippen molar-refractivity contribution in [2.24, 2.45) is 5.41 Å². The zero-order valence-corrected chi connectivity index (χ0v) is 13.0. The Balaban J connectivity index is 1.70. The van der Waals surface area contributed by atoms with Crippen LogP contribution in [0, 0.1) is 5.41 Å². The lowest BCUT2D eigenvalue weighted by Gasteiger charge is -2.45. The van der Waals surface area contributed by atoms with Crippen molar-refractivity contribution in [3.63, 3.8) is 0 Å². The monoisotopic (exact) mass is 307 g/mol. The summed E-state index contributed by atoms with van der Waals surface area (Å²) in [6, 6.07) is 5.06. The molecule has 2 fully saturated rings. The molecule has 1 aliphatic carbocycles. The van der Waals surface area contributed by atoms with Crippen molar-refractivity contribution >= 4 is 23.3 Å². The van der Waals surface area contributed by atoms with Gasteiger partial charge >= 0.3 is 5.97 Å². The lowest BCUT2D eigenvalue weighted by Crippen LogP contribution is -2.41. The summed E-state index contributed by atoms with van der Waals surface area (Å²) in [7, 11) is 0. The summed E-state index contributed by atoms with van der Waals surface area (Å²) in [6.45, 7) is 2.07. The van der Waals surface area contributed by atoms with Crippen LogP contribution in [0.1, 0.15) is 55.3 Å². The number of carboxylic acid groups (broad SMARTS) is 1. The maximum atomic E-state index is 11.0. The molecule has 2 aliphatic rings. The number of benzene rings is 1. The van der Waals surface area contributed by atoms with E-state index in [1.54, 1.807) is 12.1 Å². The van der Waals surface area contributed by atoms with E-state index in [0.717, 1.165) is 18.8 Å². The van der Waals surface area contributed by atoms with Crippen LogP contribution in [0.15, 0.2) is 18.2 Å². The van der Waals surface area contributed by atoms with Crippen LogP contribution in [0.4, 0.5) is 5.69 Å². The van der Waals surface area contributed by atoms with Crippen molar-refractivity contribution < 1.29 is 9.90 Å². The minimum absolute atomic E-state index is 0.254. The average Bonchev–Trinajstić information content (AvgIpc) is 2.49. The first-order valence-corrected chi connectivity index (χ1v) is 8.25. The minimum Gasteiger partial charge on any atom is -0.478 e. The van der Waals surface area contributed by atoms with E-state index in [-0.39, 0.29) is 5.56 Å². The topological polar surface area (TPSA) is 40.5 Å². The molecule has 0 bridgehead atoms. The zero-order valence-electron chi connectivity index (χ0n) is 12.3. The Labute approximate surface area is 130 Å². The molecule has 114 valence electrons. The molecular formula is C17H22ClNO2. The fraction of sp³-hybridized carbons (Fsp3) is 0.588. The third-order valence-corrected chi connectivity index (χ3v) is 5.58. The van der Waals surface area contributed by atoms with E-state index in [1.807, 2.05) is 6.07 Å². The standard InChI is InChI=1S/C17H22ClNO2/c18-14-12-13(16(20)21)4-5-15(14)19-10-8-17(9-11-19)6-2-1-3-7-17/h4-5,12H,1-3,6-11H2,(H,20,21). The fourth-order valence-electron chi connectivity index (χ4n) is 3.92. The number of nitrogens with zero attached hydrogens (tertiary/aromatic N) is 1. The first-order valence-electron chi connectivity index (χ1n) is 7.88. The molecule has 1 aromatic rings. The fourth-order valence-corrected chi connectivity index (χ4v) is 4.22. The van der Waals surface area contributed by atoms with Crippen LogP contribution >= 0.6 is 11.6 Å². The highest BCUT2D eigenvalue weighted by Gasteiger charge is 2.35. The number of carbonyl (C=O) groups is 1. The van der Waals surface area contributed by atoms with Gasteiger partial charge in [0.25, 0.3) is 0 Å². The number of aromatic carboxylic acids is 1. The van der Waals surface area contributed by atoms with Gasteiger partial charge in [-0.15, -0.1) is 0 Å². The average molecular weight is 308 g/mol. The summed E-state index contributed by atoms with van der Waals surface area (Å²) in [5.74, 6) is -0.928. The normalized spacial score (nSPS) is 21.5. The molecule has 0 radical (unpaired) electrons. The highest BCUT2D eigenvalue weighted by atomic mass is 35.5. The number of hydrogen-bond donors (Lipinski definition) is 1. The van der Waals surface area contributed by atoms with Gasteiger partial charge in [-0.1, -0.05) is 30.9 Å². The van der Waals surface area contributed by atoms with E-state index >= 15 is 0 Å². The van der Waals surface area contributed by atoms with Crippen LogP contribution < -0.4 is 4.90 Å². The van der Waals surface area contributed by atoms with Gasteiger partial charge in [-0.3, -0.25) is 0 Å². The number of anilines is 1. The molecule has 1 heterocycles. The van der Waals surface area contributed by atoms with Crippen LogP contribution in [0.25, 0.3) is 0 Å². The van der Waals surface area contributed by atoms with Crippen LogP contribution in [0.2, 0.25) is 5.02 Å². The van der Waals surface area contributed by atoms with E-state index in [0.29, 0.717) is 10.4 Å².